The first-order valence-corrected chi connectivity index (χ1v) is 6.01. The minimum Gasteiger partial charge on any atom is -0.461 e. The number of aromatic nitrogens is 2. The maximum absolute atomic E-state index is 11.6. The van der Waals surface area contributed by atoms with Crippen molar-refractivity contribution in [2.45, 2.75) is 26.8 Å². The van der Waals surface area contributed by atoms with Gasteiger partial charge in [-0.05, 0) is 12.8 Å². The molecule has 18 heavy (non-hydrogen) atoms. The van der Waals surface area contributed by atoms with E-state index in [4.69, 9.17) is 15.2 Å². The van der Waals surface area contributed by atoms with E-state index in [1.54, 1.807) is 24.9 Å². The number of carbonyl (C=O) groups is 1. The molecule has 0 aliphatic heterocycles. The largest absolute Gasteiger partial charge is 0.461 e. The van der Waals surface area contributed by atoms with E-state index >= 15 is 0 Å². The van der Waals surface area contributed by atoms with E-state index in [-0.39, 0.29) is 11.7 Å². The number of carbonyl (C=O) groups excluding carboxylic acids is 1. The molecule has 0 saturated carbocycles. The SMILES string of the molecule is CCOC(=O)c1ncn(C(COC)C(C)C)c1N. The van der Waals surface area contributed by atoms with Gasteiger partial charge in [0.2, 0.25) is 0 Å². The molecule has 6 nitrogen and oxygen atoms in total. The number of anilines is 1. The second-order valence-electron chi connectivity index (χ2n) is 4.37. The summed E-state index contributed by atoms with van der Waals surface area (Å²) >= 11 is 0. The lowest BCUT2D eigenvalue weighted by atomic mass is 10.1. The topological polar surface area (TPSA) is 79.4 Å². The van der Waals surface area contributed by atoms with Gasteiger partial charge in [-0.2, -0.15) is 0 Å². The smallest absolute Gasteiger partial charge is 0.360 e. The van der Waals surface area contributed by atoms with Crippen LogP contribution in [0.2, 0.25) is 0 Å². The third-order valence-electron chi connectivity index (χ3n) is 2.77. The summed E-state index contributed by atoms with van der Waals surface area (Å²) in [7, 11) is 1.63. The number of hydrogen-bond donors (Lipinski definition) is 1. The van der Waals surface area contributed by atoms with Crippen molar-refractivity contribution in [2.24, 2.45) is 5.92 Å². The first-order chi connectivity index (χ1) is 8.52. The fourth-order valence-corrected chi connectivity index (χ4v) is 1.76. The maximum Gasteiger partial charge on any atom is 0.360 e. The molecule has 2 N–H and O–H groups in total. The molecule has 0 aliphatic rings. The van der Waals surface area contributed by atoms with Crippen molar-refractivity contribution in [1.82, 2.24) is 9.55 Å². The number of hydrogen-bond acceptors (Lipinski definition) is 5. The predicted molar refractivity (Wildman–Crippen MR) is 68.3 cm³/mol. The van der Waals surface area contributed by atoms with Crippen LogP contribution in [0.5, 0.6) is 0 Å². The van der Waals surface area contributed by atoms with Crippen LogP contribution in [0, 0.1) is 5.92 Å². The zero-order valence-electron chi connectivity index (χ0n) is 11.3. The summed E-state index contributed by atoms with van der Waals surface area (Å²) in [6, 6.07) is 0.0469. The number of esters is 1. The van der Waals surface area contributed by atoms with Gasteiger partial charge in [-0.25, -0.2) is 9.78 Å². The molecule has 102 valence electrons. The van der Waals surface area contributed by atoms with Crippen molar-refractivity contribution in [3.63, 3.8) is 0 Å². The van der Waals surface area contributed by atoms with Gasteiger partial charge in [0, 0.05) is 7.11 Å². The number of rotatable bonds is 6. The Morgan fingerprint density at radius 3 is 2.72 bits per heavy atom. The third kappa shape index (κ3) is 3.01. The molecule has 1 heterocycles. The van der Waals surface area contributed by atoms with Crippen LogP contribution in [0.3, 0.4) is 0 Å². The Labute approximate surface area is 107 Å². The number of imidazole rings is 1. The van der Waals surface area contributed by atoms with E-state index in [9.17, 15) is 4.79 Å². The minimum absolute atomic E-state index is 0.0469. The van der Waals surface area contributed by atoms with E-state index in [1.807, 2.05) is 0 Å². The Morgan fingerprint density at radius 2 is 2.22 bits per heavy atom. The Hall–Kier alpha value is -1.56. The number of methoxy groups -OCH3 is 1. The highest BCUT2D eigenvalue weighted by Crippen LogP contribution is 2.23. The van der Waals surface area contributed by atoms with E-state index in [2.05, 4.69) is 18.8 Å². The van der Waals surface area contributed by atoms with Crippen LogP contribution < -0.4 is 5.73 Å². The average molecular weight is 255 g/mol. The molecule has 1 rings (SSSR count). The maximum atomic E-state index is 11.6. The quantitative estimate of drug-likeness (QED) is 0.779. The van der Waals surface area contributed by atoms with Crippen molar-refractivity contribution < 1.29 is 14.3 Å². The Bertz CT molecular complexity index is 401. The van der Waals surface area contributed by atoms with Crippen LogP contribution in [0.15, 0.2) is 6.33 Å². The lowest BCUT2D eigenvalue weighted by Gasteiger charge is -2.22. The van der Waals surface area contributed by atoms with E-state index in [0.29, 0.717) is 24.9 Å². The number of nitrogen functional groups attached to an aromatic ring is 1. The molecule has 0 bridgehead atoms. The molecule has 0 amide bonds. The van der Waals surface area contributed by atoms with Gasteiger partial charge in [-0.3, -0.25) is 0 Å². The molecule has 0 fully saturated rings. The second kappa shape index (κ2) is 6.39. The fraction of sp³-hybridized carbons (Fsp3) is 0.667. The summed E-state index contributed by atoms with van der Waals surface area (Å²) < 4.78 is 11.8. The van der Waals surface area contributed by atoms with Gasteiger partial charge in [-0.1, -0.05) is 13.8 Å². The third-order valence-corrected chi connectivity index (χ3v) is 2.77. The highest BCUT2D eigenvalue weighted by molar-refractivity contribution is 5.92. The number of nitrogens with zero attached hydrogens (tertiary/aromatic N) is 2. The highest BCUT2D eigenvalue weighted by Gasteiger charge is 2.23. The fourth-order valence-electron chi connectivity index (χ4n) is 1.76. The molecule has 1 unspecified atom stereocenters. The lowest BCUT2D eigenvalue weighted by molar-refractivity contribution is 0.0521. The molecule has 0 radical (unpaired) electrons. The minimum atomic E-state index is -0.492. The molecule has 0 saturated heterocycles. The Morgan fingerprint density at radius 1 is 1.56 bits per heavy atom. The lowest BCUT2D eigenvalue weighted by Crippen LogP contribution is -2.21. The Balaban J connectivity index is 3.00. The van der Waals surface area contributed by atoms with Crippen LogP contribution in [0.4, 0.5) is 5.82 Å². The first kappa shape index (κ1) is 14.5. The molecular formula is C12H21N3O3. The van der Waals surface area contributed by atoms with Gasteiger partial charge in [-0.15, -0.1) is 0 Å². The molecule has 0 aromatic carbocycles. The van der Waals surface area contributed by atoms with E-state index in [0.717, 1.165) is 0 Å². The molecule has 0 aliphatic carbocycles. The summed E-state index contributed by atoms with van der Waals surface area (Å²) in [5, 5.41) is 0. The van der Waals surface area contributed by atoms with Gasteiger partial charge in [0.1, 0.15) is 5.82 Å². The molecule has 1 atom stereocenters. The van der Waals surface area contributed by atoms with Crippen LogP contribution in [-0.4, -0.2) is 35.8 Å². The zero-order chi connectivity index (χ0) is 13.7. The van der Waals surface area contributed by atoms with Crippen LogP contribution in [0.25, 0.3) is 0 Å². The van der Waals surface area contributed by atoms with Gasteiger partial charge in [0.25, 0.3) is 0 Å². The summed E-state index contributed by atoms with van der Waals surface area (Å²) in [5.41, 5.74) is 6.11. The van der Waals surface area contributed by atoms with E-state index < -0.39 is 5.97 Å². The molecule has 0 spiro atoms. The molecule has 1 aromatic heterocycles. The van der Waals surface area contributed by atoms with Gasteiger partial charge >= 0.3 is 5.97 Å². The molecule has 1 aromatic rings. The normalized spacial score (nSPS) is 12.7. The van der Waals surface area contributed by atoms with Gasteiger partial charge < -0.3 is 19.8 Å². The van der Waals surface area contributed by atoms with Crippen LogP contribution in [-0.2, 0) is 9.47 Å². The monoisotopic (exact) mass is 255 g/mol. The summed E-state index contributed by atoms with van der Waals surface area (Å²) in [4.78, 5) is 15.6. The van der Waals surface area contributed by atoms with Crippen molar-refractivity contribution in [3.05, 3.63) is 12.0 Å². The predicted octanol–water partition coefficient (Wildman–Crippen LogP) is 1.49. The average Bonchev–Trinajstić information content (AvgIpc) is 2.68. The molecular weight excluding hydrogens is 234 g/mol. The summed E-state index contributed by atoms with van der Waals surface area (Å²) in [6.45, 7) is 6.69. The first-order valence-electron chi connectivity index (χ1n) is 6.01. The summed E-state index contributed by atoms with van der Waals surface area (Å²) in [5.74, 6) is 0.148. The summed E-state index contributed by atoms with van der Waals surface area (Å²) in [6.07, 6.45) is 1.56. The van der Waals surface area contributed by atoms with Crippen molar-refractivity contribution in [1.29, 1.82) is 0 Å². The number of nitrogens with two attached hydrogens (primary N) is 1. The standard InChI is InChI=1S/C12H21N3O3/c1-5-18-12(16)10-11(13)15(7-14-10)9(6-17-4)8(2)3/h7-9H,5-6,13H2,1-4H3. The second-order valence-corrected chi connectivity index (χ2v) is 4.37. The zero-order valence-corrected chi connectivity index (χ0v) is 11.3. The Kier molecular flexibility index (Phi) is 5.15. The van der Waals surface area contributed by atoms with Gasteiger partial charge in [0.05, 0.1) is 25.6 Å². The van der Waals surface area contributed by atoms with Gasteiger partial charge in [0.15, 0.2) is 5.69 Å². The number of ether oxygens (including phenoxy) is 2. The van der Waals surface area contributed by atoms with E-state index in [1.165, 1.54) is 0 Å². The van der Waals surface area contributed by atoms with Crippen molar-refractivity contribution in [2.75, 3.05) is 26.1 Å². The van der Waals surface area contributed by atoms with Crippen molar-refractivity contribution >= 4 is 11.8 Å². The molecule has 6 heteroatoms. The van der Waals surface area contributed by atoms with Crippen molar-refractivity contribution in [3.8, 4) is 0 Å². The highest BCUT2D eigenvalue weighted by atomic mass is 16.5. The van der Waals surface area contributed by atoms with Crippen LogP contribution in [0.1, 0.15) is 37.3 Å². The van der Waals surface area contributed by atoms with Crippen LogP contribution >= 0.6 is 0 Å².